The van der Waals surface area contributed by atoms with E-state index in [9.17, 15) is 8.42 Å². The lowest BCUT2D eigenvalue weighted by atomic mass is 9.96. The van der Waals surface area contributed by atoms with Crippen LogP contribution in [0.3, 0.4) is 0 Å². The van der Waals surface area contributed by atoms with Crippen molar-refractivity contribution in [3.8, 4) is 0 Å². The lowest BCUT2D eigenvalue weighted by molar-refractivity contribution is 0.555. The summed E-state index contributed by atoms with van der Waals surface area (Å²) in [5.74, 6) is 0.772. The fourth-order valence-electron chi connectivity index (χ4n) is 1.47. The van der Waals surface area contributed by atoms with E-state index in [4.69, 9.17) is 11.6 Å². The molecule has 0 aliphatic rings. The van der Waals surface area contributed by atoms with Gasteiger partial charge in [0, 0.05) is 30.0 Å². The molecule has 0 spiro atoms. The van der Waals surface area contributed by atoms with Crippen molar-refractivity contribution in [3.63, 3.8) is 0 Å². The Morgan fingerprint density at radius 1 is 1.27 bits per heavy atom. The van der Waals surface area contributed by atoms with E-state index >= 15 is 0 Å². The summed E-state index contributed by atoms with van der Waals surface area (Å²) in [4.78, 5) is 4.38. The molecule has 0 fully saturated rings. The van der Waals surface area contributed by atoms with Gasteiger partial charge < -0.3 is 5.32 Å². The Bertz CT molecular complexity index is 734. The topological polar surface area (TPSA) is 84.0 Å². The Balaban J connectivity index is 1.83. The van der Waals surface area contributed by atoms with Gasteiger partial charge in [0.1, 0.15) is 10.0 Å². The van der Waals surface area contributed by atoms with Gasteiger partial charge in [-0.25, -0.2) is 18.1 Å². The van der Waals surface area contributed by atoms with Gasteiger partial charge in [-0.1, -0.05) is 32.4 Å². The maximum atomic E-state index is 12.0. The number of halogens is 1. The molecule has 0 unspecified atom stereocenters. The van der Waals surface area contributed by atoms with Crippen molar-refractivity contribution in [2.24, 2.45) is 0 Å². The van der Waals surface area contributed by atoms with Gasteiger partial charge in [0.15, 0.2) is 0 Å². The molecular weight excluding hydrogens is 364 g/mol. The van der Waals surface area contributed by atoms with Gasteiger partial charge in [-0.05, 0) is 12.1 Å². The van der Waals surface area contributed by atoms with Crippen LogP contribution in [0.1, 0.15) is 26.6 Å². The van der Waals surface area contributed by atoms with E-state index in [1.165, 1.54) is 17.6 Å². The fourth-order valence-corrected chi connectivity index (χ4v) is 4.81. The summed E-state index contributed by atoms with van der Waals surface area (Å²) in [5.41, 5.74) is -0.101. The standard InChI is InChI=1S/C12H17ClN4O2S3/c1-12(2,3)10-16-11(21-17-10)14-6-7-15-22(18,19)9-5-4-8(13)20-9/h4-5,15H,6-7H2,1-3H3,(H,14,16,17). The largest absolute Gasteiger partial charge is 0.359 e. The molecular formula is C12H17ClN4O2S3. The van der Waals surface area contributed by atoms with Crippen LogP contribution in [0.15, 0.2) is 16.3 Å². The molecule has 2 heterocycles. The van der Waals surface area contributed by atoms with Crippen molar-refractivity contribution >= 4 is 49.6 Å². The second-order valence-corrected chi connectivity index (χ2v) is 10.0. The first-order valence-corrected chi connectivity index (χ1v) is 9.97. The van der Waals surface area contributed by atoms with Gasteiger partial charge in [0.2, 0.25) is 15.2 Å². The molecule has 122 valence electrons. The maximum absolute atomic E-state index is 12.0. The monoisotopic (exact) mass is 380 g/mol. The van der Waals surface area contributed by atoms with Crippen molar-refractivity contribution in [2.45, 2.75) is 30.4 Å². The summed E-state index contributed by atoms with van der Waals surface area (Å²) >= 11 is 8.05. The molecule has 0 saturated heterocycles. The highest BCUT2D eigenvalue weighted by Crippen LogP contribution is 2.25. The molecule has 6 nitrogen and oxygen atoms in total. The average Bonchev–Trinajstić information content (AvgIpc) is 3.03. The number of hydrogen-bond acceptors (Lipinski definition) is 7. The molecule has 2 N–H and O–H groups in total. The number of sulfonamides is 1. The summed E-state index contributed by atoms with van der Waals surface area (Å²) < 4.78 is 31.4. The molecule has 0 saturated carbocycles. The van der Waals surface area contributed by atoms with Crippen LogP contribution >= 0.6 is 34.5 Å². The summed E-state index contributed by atoms with van der Waals surface area (Å²) in [6.45, 7) is 6.80. The number of nitrogens with one attached hydrogen (secondary N) is 2. The maximum Gasteiger partial charge on any atom is 0.250 e. The van der Waals surface area contributed by atoms with Gasteiger partial charge >= 0.3 is 0 Å². The lowest BCUT2D eigenvalue weighted by Crippen LogP contribution is -2.28. The van der Waals surface area contributed by atoms with Gasteiger partial charge in [0.25, 0.3) is 0 Å². The summed E-state index contributed by atoms with van der Waals surface area (Å²) in [7, 11) is -3.50. The number of hydrogen-bond donors (Lipinski definition) is 2. The molecule has 2 aromatic rings. The Labute approximate surface area is 143 Å². The highest BCUT2D eigenvalue weighted by molar-refractivity contribution is 7.91. The number of aromatic nitrogens is 2. The molecule has 0 radical (unpaired) electrons. The molecule has 2 rings (SSSR count). The van der Waals surface area contributed by atoms with Gasteiger partial charge in [-0.3, -0.25) is 0 Å². The molecule has 0 amide bonds. The van der Waals surface area contributed by atoms with Crippen LogP contribution in [0.5, 0.6) is 0 Å². The van der Waals surface area contributed by atoms with Crippen LogP contribution in [-0.4, -0.2) is 30.9 Å². The molecule has 0 aliphatic carbocycles. The van der Waals surface area contributed by atoms with Crippen molar-refractivity contribution in [2.75, 3.05) is 18.4 Å². The van der Waals surface area contributed by atoms with Crippen LogP contribution in [0.4, 0.5) is 5.13 Å². The molecule has 2 aromatic heterocycles. The van der Waals surface area contributed by atoms with E-state index < -0.39 is 10.0 Å². The van der Waals surface area contributed by atoms with Gasteiger partial charge in [0.05, 0.1) is 4.34 Å². The Kier molecular flexibility index (Phi) is 5.44. The normalized spacial score (nSPS) is 12.5. The van der Waals surface area contributed by atoms with E-state index in [0.717, 1.165) is 17.2 Å². The smallest absolute Gasteiger partial charge is 0.250 e. The van der Waals surface area contributed by atoms with Crippen LogP contribution in [0.2, 0.25) is 4.34 Å². The van der Waals surface area contributed by atoms with E-state index in [1.54, 1.807) is 6.07 Å². The molecule has 10 heteroatoms. The van der Waals surface area contributed by atoms with Crippen LogP contribution < -0.4 is 10.0 Å². The second-order valence-electron chi connectivity index (χ2n) is 5.56. The molecule has 22 heavy (non-hydrogen) atoms. The molecule has 0 aliphatic heterocycles. The summed E-state index contributed by atoms with van der Waals surface area (Å²) in [5, 5.41) is 3.75. The number of thiophene rings is 1. The number of rotatable bonds is 6. The predicted molar refractivity (Wildman–Crippen MR) is 91.6 cm³/mol. The van der Waals surface area contributed by atoms with E-state index in [0.29, 0.717) is 16.0 Å². The van der Waals surface area contributed by atoms with E-state index in [-0.39, 0.29) is 16.2 Å². The highest BCUT2D eigenvalue weighted by Gasteiger charge is 2.19. The first-order chi connectivity index (χ1) is 10.2. The summed E-state index contributed by atoms with van der Waals surface area (Å²) in [6.07, 6.45) is 0. The predicted octanol–water partition coefficient (Wildman–Crippen LogP) is 2.94. The van der Waals surface area contributed by atoms with Crippen molar-refractivity contribution < 1.29 is 8.42 Å². The lowest BCUT2D eigenvalue weighted by Gasteiger charge is -2.12. The van der Waals surface area contributed by atoms with E-state index in [2.05, 4.69) is 19.4 Å². The fraction of sp³-hybridized carbons (Fsp3) is 0.500. The van der Waals surface area contributed by atoms with Gasteiger partial charge in [-0.15, -0.1) is 11.3 Å². The molecule has 0 aromatic carbocycles. The molecule has 0 atom stereocenters. The second kappa shape index (κ2) is 6.79. The minimum atomic E-state index is -3.50. The minimum absolute atomic E-state index is 0.101. The number of nitrogens with zero attached hydrogens (tertiary/aromatic N) is 2. The quantitative estimate of drug-likeness (QED) is 0.752. The Morgan fingerprint density at radius 3 is 2.55 bits per heavy atom. The van der Waals surface area contributed by atoms with Crippen molar-refractivity contribution in [1.82, 2.24) is 14.1 Å². The van der Waals surface area contributed by atoms with Crippen LogP contribution in [-0.2, 0) is 15.4 Å². The third kappa shape index (κ3) is 4.63. The SMILES string of the molecule is CC(C)(C)c1nsc(NCCNS(=O)(=O)c2ccc(Cl)s2)n1. The first kappa shape index (κ1) is 17.6. The van der Waals surface area contributed by atoms with Crippen LogP contribution in [0, 0.1) is 0 Å². The van der Waals surface area contributed by atoms with Crippen LogP contribution in [0.25, 0.3) is 0 Å². The zero-order chi connectivity index (χ0) is 16.4. The zero-order valence-electron chi connectivity index (χ0n) is 12.4. The molecule has 0 bridgehead atoms. The third-order valence-electron chi connectivity index (χ3n) is 2.60. The van der Waals surface area contributed by atoms with E-state index in [1.807, 2.05) is 20.8 Å². The number of anilines is 1. The van der Waals surface area contributed by atoms with Crippen molar-refractivity contribution in [1.29, 1.82) is 0 Å². The Hall–Kier alpha value is -0.740. The third-order valence-corrected chi connectivity index (χ3v) is 6.46. The first-order valence-electron chi connectivity index (χ1n) is 6.51. The Morgan fingerprint density at radius 2 is 2.00 bits per heavy atom. The van der Waals surface area contributed by atoms with Gasteiger partial charge in [-0.2, -0.15) is 4.37 Å². The average molecular weight is 381 g/mol. The minimum Gasteiger partial charge on any atom is -0.359 e. The highest BCUT2D eigenvalue weighted by atomic mass is 35.5. The zero-order valence-corrected chi connectivity index (χ0v) is 15.6. The van der Waals surface area contributed by atoms with Crippen molar-refractivity contribution in [3.05, 3.63) is 22.3 Å². The summed E-state index contributed by atoms with van der Waals surface area (Å²) in [6, 6.07) is 3.05.